The fourth-order valence-electron chi connectivity index (χ4n) is 5.09. The summed E-state index contributed by atoms with van der Waals surface area (Å²) < 4.78 is 0. The Morgan fingerprint density at radius 1 is 1.23 bits per heavy atom. The first-order valence-electron chi connectivity index (χ1n) is 9.29. The molecule has 130 valence electrons. The van der Waals surface area contributed by atoms with Gasteiger partial charge in [0.1, 0.15) is 0 Å². The van der Waals surface area contributed by atoms with Gasteiger partial charge in [-0.15, -0.1) is 0 Å². The highest BCUT2D eigenvalue weighted by molar-refractivity contribution is 7.35. The van der Waals surface area contributed by atoms with Crippen LogP contribution in [0.25, 0.3) is 0 Å². The highest BCUT2D eigenvalue weighted by Gasteiger charge is 2.73. The monoisotopic (exact) mass is 327 g/mol. The average Bonchev–Trinajstić information content (AvgIpc) is 3.08. The van der Waals surface area contributed by atoms with Gasteiger partial charge in [0.2, 0.25) is 0 Å². The molecule has 0 bridgehead atoms. The van der Waals surface area contributed by atoms with E-state index >= 15 is 0 Å². The summed E-state index contributed by atoms with van der Waals surface area (Å²) in [6, 6.07) is 0. The molecule has 0 amide bonds. The number of hydrogen-bond acceptors (Lipinski definition) is 2. The van der Waals surface area contributed by atoms with Crippen molar-refractivity contribution in [3.8, 4) is 0 Å². The molecule has 0 radical (unpaired) electrons. The molecule has 22 heavy (non-hydrogen) atoms. The molecule has 2 N–H and O–H groups in total. The van der Waals surface area contributed by atoms with Crippen molar-refractivity contribution in [2.75, 3.05) is 6.16 Å². The van der Waals surface area contributed by atoms with Crippen LogP contribution in [0.2, 0.25) is 0 Å². The van der Waals surface area contributed by atoms with Gasteiger partial charge in [-0.3, -0.25) is 5.09 Å². The Morgan fingerprint density at radius 3 is 2.32 bits per heavy atom. The van der Waals surface area contributed by atoms with Crippen molar-refractivity contribution in [1.82, 2.24) is 5.09 Å². The minimum absolute atomic E-state index is 0.0644. The Kier molecular flexibility index (Phi) is 5.11. The Labute approximate surface area is 140 Å². The van der Waals surface area contributed by atoms with Gasteiger partial charge in [-0.25, -0.2) is 0 Å². The average molecular weight is 327 g/mol. The van der Waals surface area contributed by atoms with Gasteiger partial charge in [-0.1, -0.05) is 63.1 Å². The second-order valence-corrected chi connectivity index (χ2v) is 10.4. The molecule has 0 aromatic heterocycles. The molecule has 2 aliphatic rings. The third kappa shape index (κ3) is 2.49. The van der Waals surface area contributed by atoms with E-state index in [9.17, 15) is 5.11 Å². The maximum Gasteiger partial charge on any atom is 0.0673 e. The van der Waals surface area contributed by atoms with E-state index < -0.39 is 0 Å². The molecule has 2 fully saturated rings. The van der Waals surface area contributed by atoms with E-state index in [1.165, 1.54) is 31.8 Å². The van der Waals surface area contributed by atoms with Crippen LogP contribution in [0, 0.1) is 22.2 Å². The van der Waals surface area contributed by atoms with E-state index in [2.05, 4.69) is 53.6 Å². The Morgan fingerprint density at radius 2 is 1.86 bits per heavy atom. The van der Waals surface area contributed by atoms with Crippen LogP contribution in [0.3, 0.4) is 0 Å². The third-order valence-corrected chi connectivity index (χ3v) is 8.80. The predicted octanol–water partition coefficient (Wildman–Crippen LogP) is 4.96. The van der Waals surface area contributed by atoms with Crippen molar-refractivity contribution < 1.29 is 5.11 Å². The first-order chi connectivity index (χ1) is 10.1. The second kappa shape index (κ2) is 6.01. The molecule has 0 aliphatic heterocycles. The first kappa shape index (κ1) is 18.7. The number of aliphatic hydroxyl groups excluding tert-OH is 1. The molecule has 3 heteroatoms. The van der Waals surface area contributed by atoms with Crippen LogP contribution >= 0.6 is 8.73 Å². The van der Waals surface area contributed by atoms with Crippen LogP contribution in [0.1, 0.15) is 80.6 Å². The normalized spacial score (nSPS) is 45.0. The first-order valence-corrected chi connectivity index (χ1v) is 10.5. The third-order valence-electron chi connectivity index (χ3n) is 7.72. The Hall–Kier alpha value is 0.350. The molecule has 0 heterocycles. The van der Waals surface area contributed by atoms with E-state index in [0.29, 0.717) is 5.92 Å². The van der Waals surface area contributed by atoms with Crippen molar-refractivity contribution in [2.45, 2.75) is 92.2 Å². The Balaban J connectivity index is 2.21. The van der Waals surface area contributed by atoms with Gasteiger partial charge in [-0.2, -0.15) is 0 Å². The molecule has 6 atom stereocenters. The minimum Gasteiger partial charge on any atom is -0.392 e. The van der Waals surface area contributed by atoms with Gasteiger partial charge in [0.05, 0.1) is 6.10 Å². The number of rotatable bonds is 8. The summed E-state index contributed by atoms with van der Waals surface area (Å²) >= 11 is 0. The molecule has 2 saturated carbocycles. The standard InChI is InChI=1S/C19H38NOP/c1-8-10-11-19(13-18(19,7)20-22-9-2)15(21)17(6)12-14(3)16(17,4)5/h14-15,20-22H,8-13H2,1-7H3. The van der Waals surface area contributed by atoms with Crippen LogP contribution in [0.5, 0.6) is 0 Å². The summed E-state index contributed by atoms with van der Waals surface area (Å²) in [5, 5.41) is 15.3. The highest BCUT2D eigenvalue weighted by atomic mass is 31.1. The lowest BCUT2D eigenvalue weighted by atomic mass is 9.43. The van der Waals surface area contributed by atoms with Crippen LogP contribution < -0.4 is 5.09 Å². The molecular weight excluding hydrogens is 289 g/mol. The summed E-state index contributed by atoms with van der Waals surface area (Å²) in [6.07, 6.45) is 6.94. The highest BCUT2D eigenvalue weighted by Crippen LogP contribution is 2.72. The van der Waals surface area contributed by atoms with Crippen molar-refractivity contribution in [1.29, 1.82) is 0 Å². The van der Waals surface area contributed by atoms with Crippen molar-refractivity contribution in [2.24, 2.45) is 22.2 Å². The molecule has 0 spiro atoms. The summed E-state index contributed by atoms with van der Waals surface area (Å²) in [7, 11) is 0.815. The second-order valence-electron chi connectivity index (χ2n) is 9.07. The molecule has 0 saturated heterocycles. The summed E-state index contributed by atoms with van der Waals surface area (Å²) in [5.41, 5.74) is 0.544. The van der Waals surface area contributed by atoms with Gasteiger partial charge >= 0.3 is 0 Å². The number of hydrogen-bond donors (Lipinski definition) is 2. The van der Waals surface area contributed by atoms with Crippen molar-refractivity contribution in [3.05, 3.63) is 0 Å². The maximum absolute atomic E-state index is 11.5. The molecule has 0 aromatic carbocycles. The van der Waals surface area contributed by atoms with Crippen LogP contribution in [0.4, 0.5) is 0 Å². The predicted molar refractivity (Wildman–Crippen MR) is 98.6 cm³/mol. The molecule has 0 aromatic rings. The number of nitrogens with one attached hydrogen (secondary N) is 1. The van der Waals surface area contributed by atoms with Crippen LogP contribution in [0.15, 0.2) is 0 Å². The lowest BCUT2D eigenvalue weighted by molar-refractivity contribution is -0.194. The lowest BCUT2D eigenvalue weighted by Gasteiger charge is -2.63. The number of aliphatic hydroxyl groups is 1. The quantitative estimate of drug-likeness (QED) is 0.617. The summed E-state index contributed by atoms with van der Waals surface area (Å²) in [6.45, 7) is 16.3. The van der Waals surface area contributed by atoms with Crippen LogP contribution in [-0.4, -0.2) is 22.9 Å². The van der Waals surface area contributed by atoms with Crippen molar-refractivity contribution in [3.63, 3.8) is 0 Å². The van der Waals surface area contributed by atoms with Gasteiger partial charge < -0.3 is 5.11 Å². The summed E-state index contributed by atoms with van der Waals surface area (Å²) in [4.78, 5) is 0. The zero-order chi connectivity index (χ0) is 16.8. The van der Waals surface area contributed by atoms with Gasteiger partial charge in [-0.05, 0) is 49.1 Å². The molecular formula is C19H38NOP. The number of unbranched alkanes of at least 4 members (excludes halogenated alkanes) is 1. The molecule has 6 unspecified atom stereocenters. The van der Waals surface area contributed by atoms with E-state index in [4.69, 9.17) is 0 Å². The summed E-state index contributed by atoms with van der Waals surface area (Å²) in [5.74, 6) is 0.714. The van der Waals surface area contributed by atoms with E-state index in [1.54, 1.807) is 0 Å². The maximum atomic E-state index is 11.5. The minimum atomic E-state index is -0.183. The SMILES string of the molecule is CCCCC1(C(O)C2(C)CC(C)C2(C)C)CC1(C)NPCC. The molecule has 2 rings (SSSR count). The zero-order valence-electron chi connectivity index (χ0n) is 15.8. The van der Waals surface area contributed by atoms with E-state index in [1.807, 2.05) is 0 Å². The Bertz CT molecular complexity index is 412. The largest absolute Gasteiger partial charge is 0.392 e. The van der Waals surface area contributed by atoms with Gasteiger partial charge in [0.15, 0.2) is 0 Å². The lowest BCUT2D eigenvalue weighted by Crippen LogP contribution is -2.61. The van der Waals surface area contributed by atoms with Crippen LogP contribution in [-0.2, 0) is 0 Å². The van der Waals surface area contributed by atoms with Crippen molar-refractivity contribution >= 4 is 8.73 Å². The molecule has 2 nitrogen and oxygen atoms in total. The zero-order valence-corrected chi connectivity index (χ0v) is 16.8. The van der Waals surface area contributed by atoms with Gasteiger partial charge in [0, 0.05) is 11.0 Å². The fourth-order valence-corrected chi connectivity index (χ4v) is 5.99. The fraction of sp³-hybridized carbons (Fsp3) is 1.00. The smallest absolute Gasteiger partial charge is 0.0673 e. The van der Waals surface area contributed by atoms with E-state index in [-0.39, 0.29) is 27.9 Å². The van der Waals surface area contributed by atoms with Gasteiger partial charge in [0.25, 0.3) is 0 Å². The van der Waals surface area contributed by atoms with E-state index in [0.717, 1.165) is 15.2 Å². The topological polar surface area (TPSA) is 32.3 Å². The molecule has 2 aliphatic carbocycles.